The lowest BCUT2D eigenvalue weighted by Gasteiger charge is -2.24. The number of rotatable bonds is 9. The van der Waals surface area contributed by atoms with Crippen molar-refractivity contribution in [2.45, 2.75) is 39.0 Å². The van der Waals surface area contributed by atoms with Crippen molar-refractivity contribution >= 4 is 11.4 Å². The van der Waals surface area contributed by atoms with Gasteiger partial charge in [-0.1, -0.05) is 152 Å². The smallest absolute Gasteiger partial charge is 0.207 e. The van der Waals surface area contributed by atoms with Crippen LogP contribution in [-0.2, 0) is 12.8 Å². The molecule has 0 saturated carbocycles. The largest absolute Gasteiger partial charge is 0.234 e. The summed E-state index contributed by atoms with van der Waals surface area (Å²) in [4.78, 5) is 0. The van der Waals surface area contributed by atoms with E-state index in [2.05, 4.69) is 188 Å². The van der Waals surface area contributed by atoms with Crippen LogP contribution in [-0.4, -0.2) is 27.0 Å². The van der Waals surface area contributed by atoms with Crippen molar-refractivity contribution in [1.82, 2.24) is 10.2 Å². The standard InChI is InChI=1S/C60H47FN3/c1-39-58(60(40(2)63-62-39)64-34-33-46-25-15-16-26-48(46)57(64)32-29-41-27-30-47(61)31-28-41)59-55-37-51(44-21-11-5-12-22-44)49(42-17-7-3-8-18-42)35-53(55)54-36-50(43-19-9-4-10-20-43)52(38-56(54)59)45-23-13-6-14-24-45/h3-28,30-31,35-38,59H,29,32-34H2,1-2H3/q+1. The Morgan fingerprint density at radius 3 is 1.44 bits per heavy atom. The molecule has 8 aromatic carbocycles. The summed E-state index contributed by atoms with van der Waals surface area (Å²) in [6, 6.07) is 69.0. The average molecular weight is 829 g/mol. The van der Waals surface area contributed by atoms with Crippen LogP contribution in [0.5, 0.6) is 0 Å². The third-order valence-corrected chi connectivity index (χ3v) is 13.3. The topological polar surface area (TPSA) is 28.8 Å². The van der Waals surface area contributed by atoms with E-state index >= 15 is 0 Å². The van der Waals surface area contributed by atoms with Crippen LogP contribution in [0.4, 0.5) is 10.1 Å². The Bertz CT molecular complexity index is 3080. The number of hydrogen-bond donors (Lipinski definition) is 0. The minimum Gasteiger partial charge on any atom is -0.207 e. The fourth-order valence-electron chi connectivity index (χ4n) is 10.3. The van der Waals surface area contributed by atoms with Gasteiger partial charge in [-0.05, 0) is 141 Å². The molecule has 0 spiro atoms. The van der Waals surface area contributed by atoms with Gasteiger partial charge in [-0.25, -0.2) is 4.39 Å². The Morgan fingerprint density at radius 2 is 0.922 bits per heavy atom. The van der Waals surface area contributed by atoms with E-state index in [1.165, 1.54) is 89.2 Å². The van der Waals surface area contributed by atoms with Crippen LogP contribution in [0.25, 0.3) is 55.6 Å². The molecule has 4 heteroatoms. The molecule has 0 N–H and O–H groups in total. The Balaban J connectivity index is 1.22. The maximum absolute atomic E-state index is 14.1. The molecule has 1 aliphatic carbocycles. The van der Waals surface area contributed by atoms with Gasteiger partial charge < -0.3 is 0 Å². The summed E-state index contributed by atoms with van der Waals surface area (Å²) in [5, 5.41) is 9.87. The summed E-state index contributed by atoms with van der Waals surface area (Å²) < 4.78 is 16.6. The van der Waals surface area contributed by atoms with Gasteiger partial charge in [-0.3, -0.25) is 0 Å². The molecular formula is C60H47FN3+. The summed E-state index contributed by atoms with van der Waals surface area (Å²) in [5.41, 5.74) is 23.7. The van der Waals surface area contributed by atoms with E-state index in [0.717, 1.165) is 48.4 Å². The van der Waals surface area contributed by atoms with Crippen molar-refractivity contribution in [3.8, 4) is 55.6 Å². The summed E-state index contributed by atoms with van der Waals surface area (Å²) >= 11 is 0. The summed E-state index contributed by atoms with van der Waals surface area (Å²) in [5.74, 6) is -0.362. The molecule has 0 atom stereocenters. The fourth-order valence-corrected chi connectivity index (χ4v) is 10.3. The maximum atomic E-state index is 14.1. The minimum atomic E-state index is -0.214. The first-order valence-electron chi connectivity index (χ1n) is 22.4. The molecular weight excluding hydrogens is 782 g/mol. The highest BCUT2D eigenvalue weighted by atomic mass is 19.1. The zero-order valence-electron chi connectivity index (χ0n) is 36.1. The molecule has 0 radical (unpaired) electrons. The number of fused-ring (bicyclic) bond motifs is 4. The lowest BCUT2D eigenvalue weighted by Crippen LogP contribution is -2.29. The molecule has 308 valence electrons. The second-order valence-corrected chi connectivity index (χ2v) is 17.1. The van der Waals surface area contributed by atoms with E-state index in [1.807, 2.05) is 12.1 Å². The van der Waals surface area contributed by atoms with Crippen molar-refractivity contribution in [2.24, 2.45) is 0 Å². The van der Waals surface area contributed by atoms with E-state index in [9.17, 15) is 4.39 Å². The molecule has 2 heterocycles. The van der Waals surface area contributed by atoms with Crippen molar-refractivity contribution in [3.05, 3.63) is 245 Å². The van der Waals surface area contributed by atoms with Crippen LogP contribution in [0.3, 0.4) is 0 Å². The highest BCUT2D eigenvalue weighted by molar-refractivity contribution is 6.00. The molecule has 11 rings (SSSR count). The molecule has 0 saturated heterocycles. The Hall–Kier alpha value is -7.56. The van der Waals surface area contributed by atoms with Crippen LogP contribution in [0.1, 0.15) is 57.1 Å². The van der Waals surface area contributed by atoms with Crippen molar-refractivity contribution < 1.29 is 8.97 Å². The molecule has 9 aromatic rings. The molecule has 1 aromatic heterocycles. The molecule has 0 amide bonds. The number of hydrogen-bond acceptors (Lipinski definition) is 2. The summed E-state index contributed by atoms with van der Waals surface area (Å²) in [6.07, 6.45) is 2.48. The first-order valence-corrected chi connectivity index (χ1v) is 22.4. The Labute approximate surface area is 374 Å². The van der Waals surface area contributed by atoms with Gasteiger partial charge in [-0.15, -0.1) is 5.10 Å². The third kappa shape index (κ3) is 7.06. The van der Waals surface area contributed by atoms with Crippen LogP contribution in [0, 0.1) is 19.7 Å². The molecule has 0 fully saturated rings. The Kier molecular flexibility index (Phi) is 10.2. The quantitative estimate of drug-likeness (QED) is 0.136. The van der Waals surface area contributed by atoms with Gasteiger partial charge in [0.25, 0.3) is 0 Å². The zero-order chi connectivity index (χ0) is 43.1. The van der Waals surface area contributed by atoms with E-state index in [4.69, 9.17) is 10.2 Å². The van der Waals surface area contributed by atoms with Gasteiger partial charge in [-0.2, -0.15) is 9.67 Å². The normalized spacial score (nSPS) is 13.1. The van der Waals surface area contributed by atoms with Crippen molar-refractivity contribution in [1.29, 1.82) is 0 Å². The molecule has 0 bridgehead atoms. The van der Waals surface area contributed by atoms with Gasteiger partial charge in [0.1, 0.15) is 11.5 Å². The maximum Gasteiger partial charge on any atom is 0.234 e. The molecule has 3 nitrogen and oxygen atoms in total. The van der Waals surface area contributed by atoms with Crippen molar-refractivity contribution in [2.75, 3.05) is 6.54 Å². The highest BCUT2D eigenvalue weighted by Gasteiger charge is 2.40. The Morgan fingerprint density at radius 1 is 0.469 bits per heavy atom. The highest BCUT2D eigenvalue weighted by Crippen LogP contribution is 2.56. The average Bonchev–Trinajstić information content (AvgIpc) is 3.66. The first kappa shape index (κ1) is 39.3. The number of aromatic nitrogens is 2. The van der Waals surface area contributed by atoms with Crippen LogP contribution < -0.4 is 0 Å². The van der Waals surface area contributed by atoms with Crippen LogP contribution in [0.2, 0.25) is 0 Å². The number of aryl methyl sites for hydroxylation is 3. The molecule has 0 unspecified atom stereocenters. The number of nitrogens with zero attached hydrogens (tertiary/aromatic N) is 3. The summed E-state index contributed by atoms with van der Waals surface area (Å²) in [7, 11) is 0. The van der Waals surface area contributed by atoms with E-state index < -0.39 is 0 Å². The van der Waals surface area contributed by atoms with E-state index in [1.54, 1.807) is 12.1 Å². The van der Waals surface area contributed by atoms with Gasteiger partial charge in [0.2, 0.25) is 5.69 Å². The molecule has 2 aliphatic rings. The lowest BCUT2D eigenvalue weighted by molar-refractivity contribution is -0.444. The summed E-state index contributed by atoms with van der Waals surface area (Å²) in [6.45, 7) is 5.08. The lowest BCUT2D eigenvalue weighted by atomic mass is 9.82. The van der Waals surface area contributed by atoms with Gasteiger partial charge in [0, 0.05) is 24.3 Å². The second kappa shape index (κ2) is 16.6. The first-order chi connectivity index (χ1) is 31.5. The van der Waals surface area contributed by atoms with Gasteiger partial charge in [0.05, 0.1) is 11.3 Å². The van der Waals surface area contributed by atoms with Crippen molar-refractivity contribution in [3.63, 3.8) is 0 Å². The molecule has 1 aliphatic heterocycles. The van der Waals surface area contributed by atoms with Gasteiger partial charge >= 0.3 is 0 Å². The predicted octanol–water partition coefficient (Wildman–Crippen LogP) is 14.4. The van der Waals surface area contributed by atoms with E-state index in [0.29, 0.717) is 0 Å². The zero-order valence-corrected chi connectivity index (χ0v) is 36.1. The fraction of sp³-hybridized carbons (Fsp3) is 0.117. The third-order valence-electron chi connectivity index (χ3n) is 13.3. The number of benzene rings is 8. The predicted molar refractivity (Wildman–Crippen MR) is 260 cm³/mol. The van der Waals surface area contributed by atoms with Gasteiger partial charge in [0.15, 0.2) is 12.3 Å². The number of halogens is 1. The second-order valence-electron chi connectivity index (χ2n) is 17.1. The molecule has 64 heavy (non-hydrogen) atoms. The SMILES string of the molecule is Cc1nnc(C)c([N+]2=C(CCc3ccc(F)cc3)c3ccccc3CC2)c1C1c2cc(-c3ccccc3)c(-c3ccccc3)cc2-c2cc(-c3ccccc3)c(-c3ccccc3)cc21. The van der Waals surface area contributed by atoms with Crippen LogP contribution in [0.15, 0.2) is 194 Å². The van der Waals surface area contributed by atoms with E-state index in [-0.39, 0.29) is 11.7 Å². The minimum absolute atomic E-state index is 0.149. The van der Waals surface area contributed by atoms with Crippen LogP contribution >= 0.6 is 0 Å². The monoisotopic (exact) mass is 828 g/mol.